The van der Waals surface area contributed by atoms with Crippen LogP contribution in [-0.2, 0) is 47.7 Å². The third kappa shape index (κ3) is 64.8. The Morgan fingerprint density at radius 1 is 0.511 bits per heavy atom. The van der Waals surface area contributed by atoms with Crippen molar-refractivity contribution in [1.29, 1.82) is 0 Å². The standard InChI is InChI=1S/C21H22O5.C13H18O3.C9H8O3.C8H8O3.C5H11Br.2CH2O3.CH4.Cl2OS.4K.2H/c1-2-3-4-15-25-18-12-8-17(9-13-18)21(24)26-19-10-5-16(6-11-19)7-14-20(22)23;1-3-4-5-10-16-12-8-6-11(7-9-12)13(14)15-2;10-8-4-1-7(2-5-8)3-6-9(11)12;1-11-8(10)6-2-4-7(9)5-3-6;1-2-3-4-5-6;2*2-1-4-3;;1-4(2)3;;;;;;/h5-14H,2-4,15H2,1H3,(H,22,23);6-9H,3-5,10H2,1-2H3;1-6,10H,(H,11,12);2-5,9H,1H3;2-5H2,1H3;2*1,3H;1H4;;;;;;;/q;;;;;;;;;4*+1;2*-1/p-2. The van der Waals surface area contributed by atoms with Crippen LogP contribution in [0.3, 0.4) is 0 Å². The van der Waals surface area contributed by atoms with Gasteiger partial charge in [0.25, 0.3) is 12.9 Å². The number of halogens is 3. The predicted octanol–water partition coefficient (Wildman–Crippen LogP) is -0.356. The first-order valence-corrected chi connectivity index (χ1v) is 28.8. The maximum atomic E-state index is 12.2. The van der Waals surface area contributed by atoms with Gasteiger partial charge in [0.15, 0.2) is 0 Å². The number of carbonyl (C=O) groups excluding carboxylic acids is 5. The van der Waals surface area contributed by atoms with Gasteiger partial charge in [-0.2, -0.15) is 0 Å². The molecule has 4 N–H and O–H groups in total. The molecule has 0 amide bonds. The van der Waals surface area contributed by atoms with E-state index in [0.717, 1.165) is 61.5 Å². The van der Waals surface area contributed by atoms with E-state index in [0.29, 0.717) is 34.6 Å². The van der Waals surface area contributed by atoms with E-state index in [2.05, 4.69) is 77.3 Å². The molecular formula is C59H75BrCl2K4O21S. The summed E-state index contributed by atoms with van der Waals surface area (Å²) in [4.78, 5) is 77.2. The van der Waals surface area contributed by atoms with Gasteiger partial charge < -0.3 is 67.3 Å². The Labute approximate surface area is 708 Å². The molecule has 29 heteroatoms. The van der Waals surface area contributed by atoms with Crippen molar-refractivity contribution in [2.75, 3.05) is 32.8 Å². The monoisotopic (exact) mass is 1460 g/mol. The van der Waals surface area contributed by atoms with E-state index in [1.165, 1.54) is 100 Å². The van der Waals surface area contributed by atoms with Gasteiger partial charge in [0.2, 0.25) is 9.23 Å². The molecule has 21 nitrogen and oxygen atoms in total. The summed E-state index contributed by atoms with van der Waals surface area (Å²) in [5, 5.41) is 52.7. The Morgan fingerprint density at radius 2 is 0.784 bits per heavy atom. The average Bonchev–Trinajstić information content (AvgIpc) is 3.62. The number of carbonyl (C=O) groups is 7. The summed E-state index contributed by atoms with van der Waals surface area (Å²) in [7, 11) is 10.0. The zero-order valence-electron chi connectivity index (χ0n) is 52.3. The molecule has 5 aromatic rings. The number of hydrogen-bond acceptors (Lipinski definition) is 19. The summed E-state index contributed by atoms with van der Waals surface area (Å²) >= 11 is 3.35. The summed E-state index contributed by atoms with van der Waals surface area (Å²) in [6.07, 6.45) is 15.8. The molecule has 0 aliphatic carbocycles. The number of carboxylic acid groups (broad SMARTS) is 2. The molecule has 0 aromatic heterocycles. The molecule has 0 bridgehead atoms. The number of aliphatic carboxylic acids is 2. The molecule has 0 fully saturated rings. The van der Waals surface area contributed by atoms with Crippen LogP contribution in [0, 0.1) is 0 Å². The van der Waals surface area contributed by atoms with Gasteiger partial charge in [-0.15, -0.1) is 0 Å². The molecule has 0 unspecified atom stereocenters. The van der Waals surface area contributed by atoms with Crippen molar-refractivity contribution in [2.45, 2.75) is 86.0 Å². The molecule has 468 valence electrons. The molecule has 0 heterocycles. The number of carboxylic acids is 2. The number of hydrogen-bond donors (Lipinski definition) is 4. The van der Waals surface area contributed by atoms with Crippen molar-refractivity contribution in [3.05, 3.63) is 161 Å². The van der Waals surface area contributed by atoms with Gasteiger partial charge in [-0.25, -0.2) is 28.2 Å². The Hall–Kier alpha value is -1.25. The van der Waals surface area contributed by atoms with E-state index in [4.69, 9.17) is 58.9 Å². The van der Waals surface area contributed by atoms with Crippen LogP contribution < -0.4 is 230 Å². The van der Waals surface area contributed by atoms with Gasteiger partial charge in [-0.05, 0) is 140 Å². The number of ether oxygens (including phenoxy) is 5. The van der Waals surface area contributed by atoms with Crippen LogP contribution in [0.4, 0.5) is 0 Å². The van der Waals surface area contributed by atoms with Crippen LogP contribution in [0.5, 0.6) is 28.7 Å². The van der Waals surface area contributed by atoms with Gasteiger partial charge in [0, 0.05) is 38.8 Å². The summed E-state index contributed by atoms with van der Waals surface area (Å²) in [6.45, 7) is 7.54. The predicted molar refractivity (Wildman–Crippen MR) is 323 cm³/mol. The van der Waals surface area contributed by atoms with E-state index in [-0.39, 0.29) is 246 Å². The molecule has 0 spiro atoms. The van der Waals surface area contributed by atoms with Crippen LogP contribution in [0.2, 0.25) is 0 Å². The number of phenolic OH excluding ortho intramolecular Hbond substituents is 2. The SMILES string of the molecule is C.CCCCCBr.CCCCCOc1ccc(C(=O)OC)cc1.CCCCCOc1ccc(C(=O)Oc2ccc(C=CC(=O)O)cc2)cc1.COC(=O)c1ccc(O)cc1.O=C(O)C=Cc1ccc(O)cc1.O=CO[O-].O=CO[O-].O=S(Cl)Cl.[H-].[H-].[K+].[K+].[K+].[K+]. The average molecular weight is 1460 g/mol. The van der Waals surface area contributed by atoms with Crippen LogP contribution >= 0.6 is 37.3 Å². The van der Waals surface area contributed by atoms with E-state index in [1.807, 2.05) is 0 Å². The molecule has 0 radical (unpaired) electrons. The summed E-state index contributed by atoms with van der Waals surface area (Å²) < 4.78 is 34.6. The first kappa shape index (κ1) is 103. The van der Waals surface area contributed by atoms with Gasteiger partial charge in [-0.3, -0.25) is 9.59 Å². The number of esters is 3. The third-order valence-corrected chi connectivity index (χ3v) is 9.88. The minimum absolute atomic E-state index is 0. The minimum Gasteiger partial charge on any atom is -1.00 e. The topological polar surface area (TPSA) is 328 Å². The number of methoxy groups -OCH3 is 2. The van der Waals surface area contributed by atoms with Crippen molar-refractivity contribution in [2.24, 2.45) is 0 Å². The second-order valence-corrected chi connectivity index (χ2v) is 18.9. The van der Waals surface area contributed by atoms with Crippen molar-refractivity contribution in [3.63, 3.8) is 0 Å². The number of phenols is 2. The zero-order chi connectivity index (χ0) is 63.1. The van der Waals surface area contributed by atoms with Crippen LogP contribution in [0.25, 0.3) is 12.2 Å². The van der Waals surface area contributed by atoms with E-state index in [9.17, 15) is 24.0 Å². The molecule has 0 aliphatic heterocycles. The van der Waals surface area contributed by atoms with E-state index >= 15 is 0 Å². The van der Waals surface area contributed by atoms with Gasteiger partial charge in [0.1, 0.15) is 28.7 Å². The van der Waals surface area contributed by atoms with Crippen molar-refractivity contribution < 1.29 is 311 Å². The smallest absolute Gasteiger partial charge is 1.00 e. The quantitative estimate of drug-likeness (QED) is 0.00620. The fraction of sp³-hybridized carbons (Fsp3) is 0.305. The largest absolute Gasteiger partial charge is 1.00 e. The summed E-state index contributed by atoms with van der Waals surface area (Å²) in [5.41, 5.74) is 2.86. The number of alkyl halides is 1. The Kier molecular flexibility index (Phi) is 85.5. The van der Waals surface area contributed by atoms with E-state index < -0.39 is 33.1 Å². The Balaban J connectivity index is -0.000000110. The zero-order valence-corrected chi connectivity index (χ0v) is 66.7. The fourth-order valence-electron chi connectivity index (χ4n) is 5.37. The summed E-state index contributed by atoms with van der Waals surface area (Å²) in [5.74, 6) is -0.960. The first-order chi connectivity index (χ1) is 39.7. The molecule has 5 rings (SSSR count). The van der Waals surface area contributed by atoms with Gasteiger partial charge >= 0.3 is 235 Å². The normalized spacial score (nSPS) is 8.99. The minimum atomic E-state index is -1.67. The molecule has 88 heavy (non-hydrogen) atoms. The van der Waals surface area contributed by atoms with Crippen molar-refractivity contribution >= 4 is 101 Å². The molecule has 0 saturated carbocycles. The maximum Gasteiger partial charge on any atom is 1.00 e. The molecular weight excluding hydrogens is 1380 g/mol. The Morgan fingerprint density at radius 3 is 1.06 bits per heavy atom. The molecule has 0 atom stereocenters. The second-order valence-electron chi connectivity index (χ2n) is 15.5. The second kappa shape index (κ2) is 73.2. The van der Waals surface area contributed by atoms with E-state index in [1.54, 1.807) is 84.9 Å². The van der Waals surface area contributed by atoms with Crippen LogP contribution in [0.15, 0.2) is 133 Å². The summed E-state index contributed by atoms with van der Waals surface area (Å²) in [6, 6.07) is 32.6. The first-order valence-electron chi connectivity index (χ1n) is 24.9. The molecule has 0 aliphatic rings. The van der Waals surface area contributed by atoms with Crippen molar-refractivity contribution in [3.8, 4) is 28.7 Å². The van der Waals surface area contributed by atoms with Crippen LogP contribution in [-0.4, -0.2) is 100 Å². The molecule has 0 saturated heterocycles. The van der Waals surface area contributed by atoms with Gasteiger partial charge in [0.05, 0.1) is 44.1 Å². The maximum absolute atomic E-state index is 12.2. The Bertz CT molecular complexity index is 2610. The molecule has 5 aromatic carbocycles. The number of aromatic hydroxyl groups is 2. The van der Waals surface area contributed by atoms with Crippen molar-refractivity contribution in [1.82, 2.24) is 0 Å². The van der Waals surface area contributed by atoms with Crippen LogP contribution in [0.1, 0.15) is 131 Å². The number of rotatable bonds is 23. The number of unbranched alkanes of at least 4 members (excludes halogenated alkanes) is 6. The fourth-order valence-corrected chi connectivity index (χ4v) is 5.77. The number of benzene rings is 5. The third-order valence-electron chi connectivity index (χ3n) is 9.32. The van der Waals surface area contributed by atoms with Gasteiger partial charge in [-0.1, -0.05) is 107 Å².